The van der Waals surface area contributed by atoms with Crippen molar-refractivity contribution in [1.29, 1.82) is 0 Å². The first-order valence-electron chi connectivity index (χ1n) is 9.15. The fraction of sp³-hybridized carbons (Fsp3) is 0. The fourth-order valence-electron chi connectivity index (χ4n) is 3.52. The van der Waals surface area contributed by atoms with Crippen LogP contribution >= 0.6 is 0 Å². The van der Waals surface area contributed by atoms with Crippen molar-refractivity contribution in [3.63, 3.8) is 0 Å². The molecule has 0 aliphatic carbocycles. The van der Waals surface area contributed by atoms with Gasteiger partial charge in [-0.1, -0.05) is 54.6 Å². The number of H-pyrrole nitrogens is 1. The minimum Gasteiger partial charge on any atom is -0.354 e. The molecule has 5 aromatic rings. The Kier molecular flexibility index (Phi) is 4.07. The summed E-state index contributed by atoms with van der Waals surface area (Å²) in [4.78, 5) is 7.79. The highest BCUT2D eigenvalue weighted by Crippen LogP contribution is 2.32. The van der Waals surface area contributed by atoms with Gasteiger partial charge in [-0.15, -0.1) is 0 Å². The third kappa shape index (κ3) is 3.13. The molecule has 0 fully saturated rings. The van der Waals surface area contributed by atoms with Crippen LogP contribution in [0.2, 0.25) is 0 Å². The average Bonchev–Trinajstić information content (AvgIpc) is 3.17. The molecular formula is C23H17N3O2S. The molecule has 142 valence electrons. The summed E-state index contributed by atoms with van der Waals surface area (Å²) in [5.41, 5.74) is 3.58. The molecule has 29 heavy (non-hydrogen) atoms. The number of para-hydroxylation sites is 3. The third-order valence-corrected chi connectivity index (χ3v) is 6.27. The van der Waals surface area contributed by atoms with Crippen molar-refractivity contribution in [2.24, 2.45) is 0 Å². The van der Waals surface area contributed by atoms with E-state index in [2.05, 4.69) is 14.7 Å². The lowest BCUT2D eigenvalue weighted by Crippen LogP contribution is -2.14. The molecule has 0 saturated carbocycles. The van der Waals surface area contributed by atoms with Crippen LogP contribution in [-0.4, -0.2) is 18.4 Å². The number of aromatic amines is 1. The lowest BCUT2D eigenvalue weighted by molar-refractivity contribution is 0.602. The highest BCUT2D eigenvalue weighted by molar-refractivity contribution is 7.93. The first-order valence-corrected chi connectivity index (χ1v) is 10.6. The van der Waals surface area contributed by atoms with Crippen LogP contribution in [0.1, 0.15) is 0 Å². The van der Waals surface area contributed by atoms with Crippen LogP contribution in [0.15, 0.2) is 96.0 Å². The summed E-state index contributed by atoms with van der Waals surface area (Å²) < 4.78 is 29.2. The van der Waals surface area contributed by atoms with Crippen molar-refractivity contribution in [2.75, 3.05) is 4.72 Å². The maximum absolute atomic E-state index is 13.2. The van der Waals surface area contributed by atoms with Crippen LogP contribution in [0.4, 0.5) is 5.69 Å². The van der Waals surface area contributed by atoms with Gasteiger partial charge in [-0.25, -0.2) is 8.42 Å². The van der Waals surface area contributed by atoms with E-state index in [0.29, 0.717) is 11.2 Å². The molecule has 0 amide bonds. The van der Waals surface area contributed by atoms with Crippen molar-refractivity contribution < 1.29 is 8.42 Å². The van der Waals surface area contributed by atoms with Crippen molar-refractivity contribution in [2.45, 2.75) is 4.90 Å². The quantitative estimate of drug-likeness (QED) is 0.437. The smallest absolute Gasteiger partial charge is 0.264 e. The summed E-state index contributed by atoms with van der Waals surface area (Å²) in [6, 6.07) is 26.1. The number of sulfonamides is 1. The summed E-state index contributed by atoms with van der Waals surface area (Å²) >= 11 is 0. The van der Waals surface area contributed by atoms with E-state index in [9.17, 15) is 8.42 Å². The number of rotatable bonds is 4. The van der Waals surface area contributed by atoms with E-state index in [1.165, 1.54) is 0 Å². The van der Waals surface area contributed by atoms with Gasteiger partial charge in [0, 0.05) is 33.7 Å². The van der Waals surface area contributed by atoms with Gasteiger partial charge in [0.2, 0.25) is 0 Å². The Morgan fingerprint density at radius 3 is 2.45 bits per heavy atom. The number of fused-ring (bicyclic) bond motifs is 2. The fourth-order valence-corrected chi connectivity index (χ4v) is 4.78. The van der Waals surface area contributed by atoms with E-state index >= 15 is 0 Å². The SMILES string of the molecule is O=S(=O)(Nc1ccccc1-c1cc2ccccc2[nH]1)c1cccc2cccnc12. The van der Waals surface area contributed by atoms with E-state index in [0.717, 1.165) is 27.5 Å². The largest absolute Gasteiger partial charge is 0.354 e. The average molecular weight is 399 g/mol. The molecule has 5 rings (SSSR count). The zero-order chi connectivity index (χ0) is 19.8. The summed E-state index contributed by atoms with van der Waals surface area (Å²) in [6.07, 6.45) is 1.60. The second-order valence-corrected chi connectivity index (χ2v) is 8.40. The number of benzene rings is 3. The van der Waals surface area contributed by atoms with Crippen LogP contribution in [0.5, 0.6) is 0 Å². The molecule has 0 saturated heterocycles. The van der Waals surface area contributed by atoms with E-state index in [1.807, 2.05) is 60.7 Å². The number of nitrogens with zero attached hydrogens (tertiary/aromatic N) is 1. The number of nitrogens with one attached hydrogen (secondary N) is 2. The van der Waals surface area contributed by atoms with E-state index in [4.69, 9.17) is 0 Å². The second kappa shape index (κ2) is 6.76. The number of hydrogen-bond acceptors (Lipinski definition) is 3. The number of aromatic nitrogens is 2. The van der Waals surface area contributed by atoms with Crippen molar-refractivity contribution >= 4 is 37.5 Å². The molecular weight excluding hydrogens is 382 g/mol. The number of hydrogen-bond donors (Lipinski definition) is 2. The molecule has 2 heterocycles. The summed E-state index contributed by atoms with van der Waals surface area (Å²) in [7, 11) is -3.83. The van der Waals surface area contributed by atoms with E-state index < -0.39 is 10.0 Å². The van der Waals surface area contributed by atoms with Gasteiger partial charge in [0.1, 0.15) is 4.90 Å². The minimum absolute atomic E-state index is 0.155. The molecule has 0 unspecified atom stereocenters. The van der Waals surface area contributed by atoms with Gasteiger partial charge in [-0.2, -0.15) is 0 Å². The van der Waals surface area contributed by atoms with Crippen LogP contribution < -0.4 is 4.72 Å². The number of pyridine rings is 1. The van der Waals surface area contributed by atoms with Gasteiger partial charge in [0.25, 0.3) is 10.0 Å². The first kappa shape index (κ1) is 17.5. The molecule has 6 heteroatoms. The predicted octanol–water partition coefficient (Wildman–Crippen LogP) is 5.18. The normalized spacial score (nSPS) is 11.7. The summed E-state index contributed by atoms with van der Waals surface area (Å²) in [5, 5.41) is 1.85. The van der Waals surface area contributed by atoms with Crippen LogP contribution in [0, 0.1) is 0 Å². The van der Waals surface area contributed by atoms with E-state index in [-0.39, 0.29) is 4.90 Å². The molecule has 0 bridgehead atoms. The Labute approximate surface area is 168 Å². The molecule has 5 nitrogen and oxygen atoms in total. The number of anilines is 1. The zero-order valence-corrected chi connectivity index (χ0v) is 16.1. The molecule has 0 aliphatic rings. The Morgan fingerprint density at radius 1 is 0.793 bits per heavy atom. The highest BCUT2D eigenvalue weighted by Gasteiger charge is 2.20. The topological polar surface area (TPSA) is 74.8 Å². The van der Waals surface area contributed by atoms with Crippen molar-refractivity contribution in [3.8, 4) is 11.3 Å². The van der Waals surface area contributed by atoms with Gasteiger partial charge < -0.3 is 4.98 Å². The van der Waals surface area contributed by atoms with Gasteiger partial charge in [0.05, 0.1) is 11.2 Å². The molecule has 3 aromatic carbocycles. The van der Waals surface area contributed by atoms with Crippen LogP contribution in [0.3, 0.4) is 0 Å². The summed E-state index contributed by atoms with van der Waals surface area (Å²) in [5.74, 6) is 0. The van der Waals surface area contributed by atoms with Gasteiger partial charge in [-0.05, 0) is 30.3 Å². The monoisotopic (exact) mass is 399 g/mol. The minimum atomic E-state index is -3.83. The molecule has 2 N–H and O–H groups in total. The lowest BCUT2D eigenvalue weighted by Gasteiger charge is -2.13. The second-order valence-electron chi connectivity index (χ2n) is 6.75. The zero-order valence-electron chi connectivity index (χ0n) is 15.3. The first-order chi connectivity index (χ1) is 14.1. The Bertz CT molecular complexity index is 1420. The molecule has 0 radical (unpaired) electrons. The Morgan fingerprint density at radius 2 is 1.55 bits per heavy atom. The van der Waals surface area contributed by atoms with Gasteiger partial charge >= 0.3 is 0 Å². The van der Waals surface area contributed by atoms with Crippen LogP contribution in [-0.2, 0) is 10.0 Å². The van der Waals surface area contributed by atoms with Gasteiger partial charge in [0.15, 0.2) is 0 Å². The lowest BCUT2D eigenvalue weighted by atomic mass is 10.1. The summed E-state index contributed by atoms with van der Waals surface area (Å²) in [6.45, 7) is 0. The Balaban J connectivity index is 1.60. The maximum atomic E-state index is 13.2. The molecule has 2 aromatic heterocycles. The Hall–Kier alpha value is -3.64. The highest BCUT2D eigenvalue weighted by atomic mass is 32.2. The predicted molar refractivity (Wildman–Crippen MR) is 116 cm³/mol. The van der Waals surface area contributed by atoms with Gasteiger partial charge in [-0.3, -0.25) is 9.71 Å². The standard InChI is InChI=1S/C23H17N3O2S/c27-29(28,22-13-5-8-16-9-6-14-24-23(16)22)26-20-12-4-2-10-18(20)21-15-17-7-1-3-11-19(17)25-21/h1-15,25-26H. The van der Waals surface area contributed by atoms with Crippen molar-refractivity contribution in [1.82, 2.24) is 9.97 Å². The molecule has 0 spiro atoms. The van der Waals surface area contributed by atoms with Crippen LogP contribution in [0.25, 0.3) is 33.1 Å². The maximum Gasteiger partial charge on any atom is 0.264 e. The van der Waals surface area contributed by atoms with E-state index in [1.54, 1.807) is 30.5 Å². The van der Waals surface area contributed by atoms with Crippen molar-refractivity contribution in [3.05, 3.63) is 91.1 Å². The molecule has 0 atom stereocenters. The molecule has 0 aliphatic heterocycles. The third-order valence-electron chi connectivity index (χ3n) is 4.88.